The van der Waals surface area contributed by atoms with Gasteiger partial charge in [-0.1, -0.05) is 0 Å². The largest absolute Gasteiger partial charge is 0.351 e. The third kappa shape index (κ3) is 2.39. The predicted molar refractivity (Wildman–Crippen MR) is 66.7 cm³/mol. The predicted octanol–water partition coefficient (Wildman–Crippen LogP) is -0.0856. The Morgan fingerprint density at radius 1 is 1.26 bits per heavy atom. The van der Waals surface area contributed by atoms with Gasteiger partial charge in [0, 0.05) is 26.2 Å². The summed E-state index contributed by atoms with van der Waals surface area (Å²) in [5.41, 5.74) is 0. The van der Waals surface area contributed by atoms with Gasteiger partial charge in [0.2, 0.25) is 0 Å². The number of anilines is 1. The fourth-order valence-corrected chi connectivity index (χ4v) is 2.00. The van der Waals surface area contributed by atoms with Crippen LogP contribution in [0.1, 0.15) is 5.82 Å². The molecule has 1 aliphatic rings. The molecule has 100 valence electrons. The van der Waals surface area contributed by atoms with E-state index < -0.39 is 5.82 Å². The zero-order valence-electron chi connectivity index (χ0n) is 10.5. The lowest BCUT2D eigenvalue weighted by Crippen LogP contribution is -2.44. The number of hydrogen-bond acceptors (Lipinski definition) is 6. The van der Waals surface area contributed by atoms with E-state index in [4.69, 9.17) is 0 Å². The van der Waals surface area contributed by atoms with Crippen LogP contribution in [-0.2, 0) is 0 Å². The maximum absolute atomic E-state index is 13.8. The van der Waals surface area contributed by atoms with Gasteiger partial charge in [0.05, 0.1) is 6.20 Å². The summed E-state index contributed by atoms with van der Waals surface area (Å²) < 4.78 is 15.3. The lowest BCUT2D eigenvalue weighted by molar-refractivity contribution is 0.553. The van der Waals surface area contributed by atoms with Crippen molar-refractivity contribution in [1.29, 1.82) is 0 Å². The molecule has 0 saturated carbocycles. The number of aromatic nitrogens is 5. The van der Waals surface area contributed by atoms with Gasteiger partial charge < -0.3 is 10.2 Å². The number of piperazine rings is 1. The summed E-state index contributed by atoms with van der Waals surface area (Å²) in [5.74, 6) is 0.856. The highest BCUT2D eigenvalue weighted by atomic mass is 19.1. The minimum absolute atomic E-state index is 0.319. The van der Waals surface area contributed by atoms with Crippen molar-refractivity contribution < 1.29 is 4.39 Å². The number of nitrogens with zero attached hydrogens (tertiary/aromatic N) is 6. The van der Waals surface area contributed by atoms with Crippen LogP contribution in [0.3, 0.4) is 0 Å². The second kappa shape index (κ2) is 4.88. The Kier molecular flexibility index (Phi) is 3.08. The average molecular weight is 263 g/mol. The molecule has 3 rings (SSSR count). The van der Waals surface area contributed by atoms with Gasteiger partial charge in [-0.3, -0.25) is 0 Å². The summed E-state index contributed by atoms with van der Waals surface area (Å²) in [6, 6.07) is 0. The highest BCUT2D eigenvalue weighted by Crippen LogP contribution is 2.17. The number of hydrogen-bond donors (Lipinski definition) is 1. The molecule has 3 heterocycles. The topological polar surface area (TPSA) is 71.8 Å². The van der Waals surface area contributed by atoms with Crippen molar-refractivity contribution in [1.82, 2.24) is 30.0 Å². The van der Waals surface area contributed by atoms with Crippen molar-refractivity contribution in [2.24, 2.45) is 0 Å². The van der Waals surface area contributed by atoms with E-state index in [0.29, 0.717) is 17.6 Å². The number of halogens is 1. The molecule has 0 spiro atoms. The van der Waals surface area contributed by atoms with E-state index in [9.17, 15) is 4.39 Å². The van der Waals surface area contributed by atoms with Gasteiger partial charge in [0.15, 0.2) is 11.6 Å². The minimum Gasteiger partial charge on any atom is -0.351 e. The second-order valence-electron chi connectivity index (χ2n) is 4.31. The van der Waals surface area contributed by atoms with Crippen LogP contribution in [0.2, 0.25) is 0 Å². The summed E-state index contributed by atoms with van der Waals surface area (Å²) in [6.45, 7) is 4.87. The molecule has 7 nitrogen and oxygen atoms in total. The van der Waals surface area contributed by atoms with Crippen molar-refractivity contribution in [3.05, 3.63) is 24.2 Å². The quantitative estimate of drug-likeness (QED) is 0.816. The second-order valence-corrected chi connectivity index (χ2v) is 4.31. The number of rotatable bonds is 2. The monoisotopic (exact) mass is 263 g/mol. The summed E-state index contributed by atoms with van der Waals surface area (Å²) in [4.78, 5) is 14.1. The first-order valence-corrected chi connectivity index (χ1v) is 6.11. The Bertz CT molecular complexity index is 576. The molecule has 2 aromatic heterocycles. The van der Waals surface area contributed by atoms with E-state index in [2.05, 4.69) is 25.4 Å². The van der Waals surface area contributed by atoms with E-state index in [0.717, 1.165) is 26.2 Å². The molecule has 0 amide bonds. The molecule has 1 N–H and O–H groups in total. The smallest absolute Gasteiger partial charge is 0.254 e. The van der Waals surface area contributed by atoms with Crippen LogP contribution in [0.15, 0.2) is 12.5 Å². The molecule has 1 fully saturated rings. The van der Waals surface area contributed by atoms with Crippen LogP contribution in [0.5, 0.6) is 0 Å². The maximum Gasteiger partial charge on any atom is 0.254 e. The zero-order valence-corrected chi connectivity index (χ0v) is 10.5. The van der Waals surface area contributed by atoms with Crippen LogP contribution in [0.4, 0.5) is 10.2 Å². The lowest BCUT2D eigenvalue weighted by Gasteiger charge is -2.28. The normalized spacial score (nSPS) is 15.8. The van der Waals surface area contributed by atoms with E-state index in [-0.39, 0.29) is 0 Å². The number of nitrogens with one attached hydrogen (secondary N) is 1. The molecule has 0 unspecified atom stereocenters. The minimum atomic E-state index is -0.414. The Morgan fingerprint density at radius 3 is 2.74 bits per heavy atom. The van der Waals surface area contributed by atoms with Crippen molar-refractivity contribution in [3.63, 3.8) is 0 Å². The van der Waals surface area contributed by atoms with Crippen molar-refractivity contribution in [2.45, 2.75) is 6.92 Å². The van der Waals surface area contributed by atoms with Gasteiger partial charge in [-0.25, -0.2) is 14.4 Å². The summed E-state index contributed by atoms with van der Waals surface area (Å²) >= 11 is 0. The molecule has 8 heteroatoms. The SMILES string of the molecule is Cc1ncn(-c2ncc(F)c(N3CCNCC3)n2)n1. The Morgan fingerprint density at radius 2 is 2.05 bits per heavy atom. The maximum atomic E-state index is 13.8. The Balaban J connectivity index is 1.95. The Labute approximate surface area is 109 Å². The van der Waals surface area contributed by atoms with Crippen LogP contribution < -0.4 is 10.2 Å². The first kappa shape index (κ1) is 12.0. The standard InChI is InChI=1S/C11H14FN7/c1-8-15-7-19(17-8)11-14-6-9(12)10(16-11)18-4-2-13-3-5-18/h6-7,13H,2-5H2,1H3. The highest BCUT2D eigenvalue weighted by molar-refractivity contribution is 5.41. The zero-order chi connectivity index (χ0) is 13.2. The molecular weight excluding hydrogens is 249 g/mol. The summed E-state index contributed by atoms with van der Waals surface area (Å²) in [7, 11) is 0. The van der Waals surface area contributed by atoms with Crippen molar-refractivity contribution in [2.75, 3.05) is 31.1 Å². The molecule has 0 aromatic carbocycles. The van der Waals surface area contributed by atoms with Crippen LogP contribution >= 0.6 is 0 Å². The van der Waals surface area contributed by atoms with Gasteiger partial charge in [-0.05, 0) is 6.92 Å². The molecule has 1 saturated heterocycles. The average Bonchev–Trinajstić information content (AvgIpc) is 2.87. The summed E-state index contributed by atoms with van der Waals surface area (Å²) in [5, 5.41) is 7.34. The first-order chi connectivity index (χ1) is 9.24. The molecule has 0 radical (unpaired) electrons. The molecule has 0 bridgehead atoms. The Hall–Kier alpha value is -2.09. The fraction of sp³-hybridized carbons (Fsp3) is 0.455. The van der Waals surface area contributed by atoms with Gasteiger partial charge >= 0.3 is 0 Å². The molecule has 1 aliphatic heterocycles. The fourth-order valence-electron chi connectivity index (χ4n) is 2.00. The van der Waals surface area contributed by atoms with E-state index >= 15 is 0 Å². The first-order valence-electron chi connectivity index (χ1n) is 6.11. The van der Waals surface area contributed by atoms with E-state index in [1.54, 1.807) is 6.92 Å². The van der Waals surface area contributed by atoms with Crippen LogP contribution in [0.25, 0.3) is 5.95 Å². The third-order valence-corrected chi connectivity index (χ3v) is 2.94. The van der Waals surface area contributed by atoms with Gasteiger partial charge in [-0.2, -0.15) is 9.67 Å². The van der Waals surface area contributed by atoms with Crippen LogP contribution in [-0.4, -0.2) is 50.9 Å². The van der Waals surface area contributed by atoms with E-state index in [1.165, 1.54) is 17.2 Å². The van der Waals surface area contributed by atoms with Crippen LogP contribution in [0, 0.1) is 12.7 Å². The van der Waals surface area contributed by atoms with Gasteiger partial charge in [-0.15, -0.1) is 5.10 Å². The van der Waals surface area contributed by atoms with Gasteiger partial charge in [0.1, 0.15) is 12.2 Å². The lowest BCUT2D eigenvalue weighted by atomic mass is 10.3. The van der Waals surface area contributed by atoms with E-state index in [1.807, 2.05) is 4.90 Å². The van der Waals surface area contributed by atoms with Crippen molar-refractivity contribution in [3.8, 4) is 5.95 Å². The molecular formula is C11H14FN7. The van der Waals surface area contributed by atoms with Gasteiger partial charge in [0.25, 0.3) is 5.95 Å². The van der Waals surface area contributed by atoms with Crippen molar-refractivity contribution >= 4 is 5.82 Å². The molecule has 19 heavy (non-hydrogen) atoms. The molecule has 0 atom stereocenters. The molecule has 2 aromatic rings. The summed E-state index contributed by atoms with van der Waals surface area (Å²) in [6.07, 6.45) is 2.70. The third-order valence-electron chi connectivity index (χ3n) is 2.94. The highest BCUT2D eigenvalue weighted by Gasteiger charge is 2.18. The number of aryl methyl sites for hydroxylation is 1. The molecule has 0 aliphatic carbocycles.